The van der Waals surface area contributed by atoms with Crippen LogP contribution in [0.4, 0.5) is 17.1 Å². The Morgan fingerprint density at radius 1 is 0.383 bits per heavy atom. The highest BCUT2D eigenvalue weighted by atomic mass is 16.5. The monoisotopic (exact) mass is 765 g/mol. The van der Waals surface area contributed by atoms with Gasteiger partial charge in [-0.05, 0) is 98.1 Å². The molecule has 60 heavy (non-hydrogen) atoms. The van der Waals surface area contributed by atoms with Gasteiger partial charge in [0.05, 0.1) is 16.5 Å². The lowest BCUT2D eigenvalue weighted by Gasteiger charge is -2.39. The topological polar surface area (TPSA) is 25.6 Å². The molecule has 0 saturated carbocycles. The number of rotatable bonds is 4. The van der Waals surface area contributed by atoms with Gasteiger partial charge in [0.15, 0.2) is 0 Å². The number of hydrogen-bond acceptors (Lipinski definition) is 3. The van der Waals surface area contributed by atoms with Gasteiger partial charge < -0.3 is 14.1 Å². The van der Waals surface area contributed by atoms with Crippen molar-refractivity contribution in [3.05, 3.63) is 235 Å². The summed E-state index contributed by atoms with van der Waals surface area (Å²) in [5.41, 5.74) is 14.0. The molecule has 280 valence electrons. The molecule has 0 bridgehead atoms. The molecule has 0 saturated heterocycles. The first-order valence-electron chi connectivity index (χ1n) is 20.6. The second kappa shape index (κ2) is 12.6. The van der Waals surface area contributed by atoms with Gasteiger partial charge in [0.1, 0.15) is 22.7 Å². The standard InChI is InChI=1S/C57H35NO2/c1-3-17-41-36(14-1)16-13-21-42(41)37-28-30-39(31-29-37)58(51-34-38-15-2-4-18-43(38)56-55(51)46-20-6-10-25-52(46)60-56)40-32-33-45-44-19-5-7-22-47(44)57(50(45)35-40)48-23-8-11-26-53(48)59-54-27-12-9-24-49(54)57/h1-35H. The number of anilines is 3. The molecular weight excluding hydrogens is 731 g/mol. The van der Waals surface area contributed by atoms with Crippen molar-refractivity contribution in [3.8, 4) is 33.8 Å². The summed E-state index contributed by atoms with van der Waals surface area (Å²) in [6.45, 7) is 0. The molecule has 0 unspecified atom stereocenters. The largest absolute Gasteiger partial charge is 0.457 e. The fourth-order valence-electron chi connectivity index (χ4n) is 10.4. The summed E-state index contributed by atoms with van der Waals surface area (Å²) in [5.74, 6) is 1.76. The molecule has 2 aliphatic rings. The SMILES string of the molecule is c1ccc2c(c1)Oc1ccccc1C21c2ccccc2-c2ccc(N(c3ccc(-c4cccc5ccccc45)cc3)c3cc4ccccc4c4oc5ccccc5c34)cc21. The van der Waals surface area contributed by atoms with Crippen LogP contribution >= 0.6 is 0 Å². The molecule has 0 atom stereocenters. The molecular formula is C57H35NO2. The molecule has 0 amide bonds. The lowest BCUT2D eigenvalue weighted by atomic mass is 9.66. The van der Waals surface area contributed by atoms with Crippen molar-refractivity contribution in [3.63, 3.8) is 0 Å². The van der Waals surface area contributed by atoms with Gasteiger partial charge in [0.2, 0.25) is 0 Å². The zero-order valence-corrected chi connectivity index (χ0v) is 32.5. The van der Waals surface area contributed by atoms with E-state index in [9.17, 15) is 0 Å². The van der Waals surface area contributed by atoms with Crippen molar-refractivity contribution in [1.82, 2.24) is 0 Å². The maximum atomic E-state index is 6.79. The zero-order chi connectivity index (χ0) is 39.4. The molecule has 1 spiro atoms. The Hall–Kier alpha value is -7.88. The number of fused-ring (bicyclic) bond motifs is 15. The van der Waals surface area contributed by atoms with Gasteiger partial charge in [-0.25, -0.2) is 0 Å². The van der Waals surface area contributed by atoms with E-state index < -0.39 is 5.41 Å². The van der Waals surface area contributed by atoms with E-state index in [0.29, 0.717) is 0 Å². The van der Waals surface area contributed by atoms with Crippen LogP contribution in [0.5, 0.6) is 11.5 Å². The van der Waals surface area contributed by atoms with Crippen molar-refractivity contribution in [2.24, 2.45) is 0 Å². The summed E-state index contributed by atoms with van der Waals surface area (Å²) < 4.78 is 13.5. The van der Waals surface area contributed by atoms with Crippen LogP contribution in [0, 0.1) is 0 Å². The summed E-state index contributed by atoms with van der Waals surface area (Å²) in [7, 11) is 0. The Kier molecular flexibility index (Phi) is 6.93. The fraction of sp³-hybridized carbons (Fsp3) is 0.0175. The minimum absolute atomic E-state index is 0.599. The van der Waals surface area contributed by atoms with E-state index in [1.165, 1.54) is 44.2 Å². The van der Waals surface area contributed by atoms with Gasteiger partial charge in [-0.15, -0.1) is 0 Å². The lowest BCUT2D eigenvalue weighted by molar-refractivity contribution is 0.436. The van der Waals surface area contributed by atoms with Gasteiger partial charge in [-0.3, -0.25) is 0 Å². The molecule has 13 rings (SSSR count). The van der Waals surface area contributed by atoms with Gasteiger partial charge in [-0.1, -0.05) is 164 Å². The maximum absolute atomic E-state index is 6.79. The van der Waals surface area contributed by atoms with Crippen LogP contribution in [0.1, 0.15) is 22.3 Å². The first-order valence-corrected chi connectivity index (χ1v) is 20.6. The molecule has 2 heterocycles. The minimum atomic E-state index is -0.599. The number of furan rings is 1. The highest BCUT2D eigenvalue weighted by Crippen LogP contribution is 2.63. The predicted octanol–water partition coefficient (Wildman–Crippen LogP) is 15.5. The molecule has 1 aliphatic heterocycles. The van der Waals surface area contributed by atoms with Crippen molar-refractivity contribution >= 4 is 60.5 Å². The minimum Gasteiger partial charge on any atom is -0.457 e. The van der Waals surface area contributed by atoms with E-state index in [-0.39, 0.29) is 0 Å². The molecule has 3 heteroatoms. The predicted molar refractivity (Wildman–Crippen MR) is 246 cm³/mol. The van der Waals surface area contributed by atoms with Crippen LogP contribution in [-0.2, 0) is 5.41 Å². The third-order valence-corrected chi connectivity index (χ3v) is 12.9. The van der Waals surface area contributed by atoms with Gasteiger partial charge >= 0.3 is 0 Å². The summed E-state index contributed by atoms with van der Waals surface area (Å²) in [5, 5.41) is 6.86. The quantitative estimate of drug-likeness (QED) is 0.178. The van der Waals surface area contributed by atoms with Crippen molar-refractivity contribution in [2.45, 2.75) is 5.41 Å². The van der Waals surface area contributed by atoms with Crippen LogP contribution < -0.4 is 9.64 Å². The molecule has 0 radical (unpaired) electrons. The van der Waals surface area contributed by atoms with Crippen molar-refractivity contribution in [2.75, 3.05) is 4.90 Å². The number of para-hydroxylation sites is 3. The smallest absolute Gasteiger partial charge is 0.145 e. The van der Waals surface area contributed by atoms with Crippen LogP contribution in [0.15, 0.2) is 217 Å². The Bertz CT molecular complexity index is 3490. The van der Waals surface area contributed by atoms with E-state index in [4.69, 9.17) is 9.15 Å². The highest BCUT2D eigenvalue weighted by molar-refractivity contribution is 6.22. The Morgan fingerprint density at radius 3 is 1.77 bits per heavy atom. The first kappa shape index (κ1) is 33.1. The van der Waals surface area contributed by atoms with Gasteiger partial charge in [0, 0.05) is 33.3 Å². The average molecular weight is 766 g/mol. The maximum Gasteiger partial charge on any atom is 0.145 e. The molecule has 1 aliphatic carbocycles. The van der Waals surface area contributed by atoms with E-state index >= 15 is 0 Å². The summed E-state index contributed by atoms with van der Waals surface area (Å²) >= 11 is 0. The Balaban J connectivity index is 1.11. The zero-order valence-electron chi connectivity index (χ0n) is 32.5. The molecule has 11 aromatic rings. The Morgan fingerprint density at radius 2 is 0.967 bits per heavy atom. The second-order valence-corrected chi connectivity index (χ2v) is 15.9. The molecule has 1 aromatic heterocycles. The number of hydrogen-bond donors (Lipinski definition) is 0. The first-order chi connectivity index (χ1) is 29.8. The van der Waals surface area contributed by atoms with Crippen LogP contribution in [0.2, 0.25) is 0 Å². The van der Waals surface area contributed by atoms with Crippen LogP contribution in [0.25, 0.3) is 65.7 Å². The summed E-state index contributed by atoms with van der Waals surface area (Å²) in [6.07, 6.45) is 0. The summed E-state index contributed by atoms with van der Waals surface area (Å²) in [6, 6.07) is 76.7. The van der Waals surface area contributed by atoms with Crippen LogP contribution in [-0.4, -0.2) is 0 Å². The summed E-state index contributed by atoms with van der Waals surface area (Å²) in [4.78, 5) is 2.44. The molecule has 3 nitrogen and oxygen atoms in total. The average Bonchev–Trinajstić information content (AvgIpc) is 3.84. The van der Waals surface area contributed by atoms with Crippen molar-refractivity contribution < 1.29 is 9.15 Å². The Labute approximate surface area is 347 Å². The normalized spacial score (nSPS) is 13.3. The van der Waals surface area contributed by atoms with E-state index in [1.54, 1.807) is 0 Å². The number of benzene rings is 10. The fourth-order valence-corrected chi connectivity index (χ4v) is 10.4. The lowest BCUT2D eigenvalue weighted by Crippen LogP contribution is -2.32. The highest BCUT2D eigenvalue weighted by Gasteiger charge is 2.51. The van der Waals surface area contributed by atoms with E-state index in [2.05, 4.69) is 217 Å². The number of ether oxygens (including phenoxy) is 1. The van der Waals surface area contributed by atoms with Gasteiger partial charge in [0.25, 0.3) is 0 Å². The molecule has 10 aromatic carbocycles. The third kappa shape index (κ3) is 4.54. The third-order valence-electron chi connectivity index (χ3n) is 12.9. The number of nitrogens with zero attached hydrogens (tertiary/aromatic N) is 1. The molecule has 0 N–H and O–H groups in total. The van der Waals surface area contributed by atoms with Gasteiger partial charge in [-0.2, -0.15) is 0 Å². The van der Waals surface area contributed by atoms with E-state index in [0.717, 1.165) is 72.4 Å². The molecule has 0 fully saturated rings. The second-order valence-electron chi connectivity index (χ2n) is 15.9. The van der Waals surface area contributed by atoms with Crippen molar-refractivity contribution in [1.29, 1.82) is 0 Å². The van der Waals surface area contributed by atoms with E-state index in [1.807, 2.05) is 0 Å². The van der Waals surface area contributed by atoms with Crippen LogP contribution in [0.3, 0.4) is 0 Å².